The van der Waals surface area contributed by atoms with Crippen LogP contribution in [0.15, 0.2) is 48.5 Å². The van der Waals surface area contributed by atoms with Gasteiger partial charge in [-0.25, -0.2) is 9.18 Å². The maximum Gasteiger partial charge on any atom is 0.415 e. The highest BCUT2D eigenvalue weighted by Crippen LogP contribution is 2.39. The first-order valence-corrected chi connectivity index (χ1v) is 12.4. The summed E-state index contributed by atoms with van der Waals surface area (Å²) in [6.45, 7) is 2.74. The van der Waals surface area contributed by atoms with Crippen LogP contribution in [0.4, 0.5) is 9.18 Å². The number of nitrogens with zero attached hydrogens (tertiary/aromatic N) is 2. The molecule has 8 heteroatoms. The van der Waals surface area contributed by atoms with Crippen LogP contribution in [0.25, 0.3) is 0 Å². The molecule has 34 heavy (non-hydrogen) atoms. The second-order valence-corrected chi connectivity index (χ2v) is 9.89. The molecule has 3 fully saturated rings. The molecule has 2 heterocycles. The molecule has 2 aliphatic heterocycles. The van der Waals surface area contributed by atoms with E-state index in [1.165, 1.54) is 24.3 Å². The van der Waals surface area contributed by atoms with Gasteiger partial charge in [-0.1, -0.05) is 23.7 Å². The Morgan fingerprint density at radius 1 is 0.971 bits per heavy atom. The van der Waals surface area contributed by atoms with Crippen LogP contribution in [-0.4, -0.2) is 60.1 Å². The summed E-state index contributed by atoms with van der Waals surface area (Å²) in [6, 6.07) is 13.0. The summed E-state index contributed by atoms with van der Waals surface area (Å²) in [7, 11) is 0. The molecule has 0 radical (unpaired) electrons. The fourth-order valence-electron chi connectivity index (χ4n) is 5.18. The van der Waals surface area contributed by atoms with E-state index in [4.69, 9.17) is 16.3 Å². The molecule has 3 aliphatic rings. The molecule has 6 nitrogen and oxygen atoms in total. The molecule has 2 unspecified atom stereocenters. The van der Waals surface area contributed by atoms with Crippen molar-refractivity contribution in [2.24, 2.45) is 5.92 Å². The highest BCUT2D eigenvalue weighted by molar-refractivity contribution is 6.30. The Kier molecular flexibility index (Phi) is 6.75. The number of halogens is 2. The summed E-state index contributed by atoms with van der Waals surface area (Å²) < 4.78 is 19.0. The Morgan fingerprint density at radius 3 is 2.29 bits per heavy atom. The first-order chi connectivity index (χ1) is 16.5. The largest absolute Gasteiger partial charge is 0.415 e. The molecule has 1 saturated carbocycles. The third-order valence-corrected chi connectivity index (χ3v) is 7.37. The standard InChI is InChI=1S/C26H29ClFN3O3/c27-19-3-1-17(2-4-19)23-15-30(25(32)18-11-13-29-14-12-18)16-24(23)31(21-7-8-21)26(33)34-22-9-5-20(28)6-10-22/h1-6,9-10,18,21,23-24,29H,7-8,11-16H2. The molecule has 0 aromatic heterocycles. The van der Waals surface area contributed by atoms with Gasteiger partial charge in [0.2, 0.25) is 5.91 Å². The SMILES string of the molecule is O=C(C1CCNCC1)N1CC(c2ccc(Cl)cc2)C(N(C(=O)Oc2ccc(F)cc2)C2CC2)C1. The van der Waals surface area contributed by atoms with Gasteiger partial charge in [0.15, 0.2) is 0 Å². The van der Waals surface area contributed by atoms with E-state index < -0.39 is 6.09 Å². The third kappa shape index (κ3) is 5.05. The first kappa shape index (κ1) is 23.1. The van der Waals surface area contributed by atoms with E-state index in [0.29, 0.717) is 23.9 Å². The van der Waals surface area contributed by atoms with Crippen molar-refractivity contribution in [3.05, 3.63) is 64.9 Å². The van der Waals surface area contributed by atoms with Gasteiger partial charge in [0.05, 0.1) is 6.04 Å². The van der Waals surface area contributed by atoms with Crippen molar-refractivity contribution < 1.29 is 18.7 Å². The maximum absolute atomic E-state index is 13.4. The number of amides is 2. The molecule has 0 spiro atoms. The Balaban J connectivity index is 1.40. The minimum atomic E-state index is -0.450. The van der Waals surface area contributed by atoms with Gasteiger partial charge in [0.1, 0.15) is 11.6 Å². The predicted octanol–water partition coefficient (Wildman–Crippen LogP) is 4.44. The molecule has 2 saturated heterocycles. The third-order valence-electron chi connectivity index (χ3n) is 7.11. The fraction of sp³-hybridized carbons (Fsp3) is 0.462. The Labute approximate surface area is 204 Å². The molecule has 2 aromatic rings. The molecule has 2 atom stereocenters. The fourth-order valence-corrected chi connectivity index (χ4v) is 5.30. The van der Waals surface area contributed by atoms with Crippen molar-refractivity contribution in [2.75, 3.05) is 26.2 Å². The van der Waals surface area contributed by atoms with Crippen LogP contribution in [0.2, 0.25) is 5.02 Å². The van der Waals surface area contributed by atoms with Crippen molar-refractivity contribution in [3.63, 3.8) is 0 Å². The zero-order valence-corrected chi connectivity index (χ0v) is 19.7. The number of ether oxygens (including phenoxy) is 1. The van der Waals surface area contributed by atoms with Crippen molar-refractivity contribution in [1.82, 2.24) is 15.1 Å². The van der Waals surface area contributed by atoms with Crippen molar-refractivity contribution in [1.29, 1.82) is 0 Å². The van der Waals surface area contributed by atoms with Gasteiger partial charge in [-0.05, 0) is 80.7 Å². The van der Waals surface area contributed by atoms with Crippen LogP contribution in [-0.2, 0) is 4.79 Å². The lowest BCUT2D eigenvalue weighted by Crippen LogP contribution is -2.48. The first-order valence-electron chi connectivity index (χ1n) is 12.0. The van der Waals surface area contributed by atoms with Gasteiger partial charge < -0.3 is 15.0 Å². The number of nitrogens with one attached hydrogen (secondary N) is 1. The lowest BCUT2D eigenvalue weighted by atomic mass is 9.93. The quantitative estimate of drug-likeness (QED) is 0.680. The average molecular weight is 486 g/mol. The lowest BCUT2D eigenvalue weighted by Gasteiger charge is -2.32. The molecular formula is C26H29ClFN3O3. The van der Waals surface area contributed by atoms with E-state index >= 15 is 0 Å². The van der Waals surface area contributed by atoms with E-state index in [-0.39, 0.29) is 35.6 Å². The number of benzene rings is 2. The lowest BCUT2D eigenvalue weighted by molar-refractivity contribution is -0.135. The summed E-state index contributed by atoms with van der Waals surface area (Å²) in [6.07, 6.45) is 3.04. The number of piperidine rings is 1. The molecule has 5 rings (SSSR count). The number of carbonyl (C=O) groups is 2. The molecule has 1 aliphatic carbocycles. The monoisotopic (exact) mass is 485 g/mol. The molecular weight excluding hydrogens is 457 g/mol. The van der Waals surface area contributed by atoms with Crippen LogP contribution in [0.1, 0.15) is 37.2 Å². The highest BCUT2D eigenvalue weighted by atomic mass is 35.5. The number of likely N-dealkylation sites (tertiary alicyclic amines) is 1. The normalized spacial score (nSPS) is 23.1. The van der Waals surface area contributed by atoms with Gasteiger partial charge in [-0.15, -0.1) is 0 Å². The van der Waals surface area contributed by atoms with E-state index in [1.807, 2.05) is 34.1 Å². The predicted molar refractivity (Wildman–Crippen MR) is 127 cm³/mol. The number of hydrogen-bond donors (Lipinski definition) is 1. The zero-order valence-electron chi connectivity index (χ0n) is 19.0. The summed E-state index contributed by atoms with van der Waals surface area (Å²) in [4.78, 5) is 30.5. The second kappa shape index (κ2) is 9.92. The summed E-state index contributed by atoms with van der Waals surface area (Å²) >= 11 is 6.13. The number of carbonyl (C=O) groups excluding carboxylic acids is 2. The number of rotatable bonds is 5. The summed E-state index contributed by atoms with van der Waals surface area (Å²) in [5.74, 6) is 0.0755. The Bertz CT molecular complexity index is 1020. The van der Waals surface area contributed by atoms with E-state index in [1.54, 1.807) is 0 Å². The van der Waals surface area contributed by atoms with Gasteiger partial charge in [0.25, 0.3) is 0 Å². The van der Waals surface area contributed by atoms with Gasteiger partial charge in [0, 0.05) is 36.0 Å². The summed E-state index contributed by atoms with van der Waals surface area (Å²) in [5.41, 5.74) is 1.05. The van der Waals surface area contributed by atoms with Crippen LogP contribution in [0, 0.1) is 11.7 Å². The molecule has 180 valence electrons. The molecule has 2 aromatic carbocycles. The van der Waals surface area contributed by atoms with Crippen molar-refractivity contribution >= 4 is 23.6 Å². The van der Waals surface area contributed by atoms with E-state index in [0.717, 1.165) is 44.3 Å². The molecule has 0 bridgehead atoms. The average Bonchev–Trinajstić information content (AvgIpc) is 3.59. The smallest absolute Gasteiger partial charge is 0.410 e. The van der Waals surface area contributed by atoms with Crippen molar-refractivity contribution in [2.45, 2.75) is 43.7 Å². The van der Waals surface area contributed by atoms with Gasteiger partial charge in [-0.2, -0.15) is 0 Å². The zero-order chi connectivity index (χ0) is 23.7. The number of hydrogen-bond acceptors (Lipinski definition) is 4. The minimum Gasteiger partial charge on any atom is -0.410 e. The van der Waals surface area contributed by atoms with Crippen LogP contribution in [0.5, 0.6) is 5.75 Å². The van der Waals surface area contributed by atoms with Crippen molar-refractivity contribution in [3.8, 4) is 5.75 Å². The van der Waals surface area contributed by atoms with E-state index in [2.05, 4.69) is 5.32 Å². The van der Waals surface area contributed by atoms with Crippen LogP contribution < -0.4 is 10.1 Å². The highest BCUT2D eigenvalue weighted by Gasteiger charge is 2.47. The van der Waals surface area contributed by atoms with Crippen LogP contribution in [0.3, 0.4) is 0 Å². The van der Waals surface area contributed by atoms with Gasteiger partial charge in [-0.3, -0.25) is 9.69 Å². The Morgan fingerprint density at radius 2 is 1.65 bits per heavy atom. The molecule has 1 N–H and O–H groups in total. The Hall–Kier alpha value is -2.64. The topological polar surface area (TPSA) is 61.9 Å². The summed E-state index contributed by atoms with van der Waals surface area (Å²) in [5, 5.41) is 3.96. The van der Waals surface area contributed by atoms with Gasteiger partial charge >= 0.3 is 6.09 Å². The second-order valence-electron chi connectivity index (χ2n) is 9.45. The molecule has 2 amide bonds. The van der Waals surface area contributed by atoms with E-state index in [9.17, 15) is 14.0 Å². The maximum atomic E-state index is 13.4. The minimum absolute atomic E-state index is 0.0198. The van der Waals surface area contributed by atoms with Crippen LogP contribution >= 0.6 is 11.6 Å².